The van der Waals surface area contributed by atoms with Gasteiger partial charge in [-0.05, 0) is 37.3 Å². The molecule has 1 aromatic rings. The molecule has 2 heterocycles. The van der Waals surface area contributed by atoms with Crippen LogP contribution in [0, 0.1) is 5.92 Å². The van der Waals surface area contributed by atoms with Crippen molar-refractivity contribution >= 4 is 11.3 Å². The predicted molar refractivity (Wildman–Crippen MR) is 73.5 cm³/mol. The summed E-state index contributed by atoms with van der Waals surface area (Å²) in [7, 11) is 0. The highest BCUT2D eigenvalue weighted by molar-refractivity contribution is 7.11. The van der Waals surface area contributed by atoms with Crippen molar-refractivity contribution in [2.24, 2.45) is 5.92 Å². The molecule has 3 rings (SSSR count). The number of piperazine rings is 1. The smallest absolute Gasteiger partial charge is 0.0332 e. The fourth-order valence-corrected chi connectivity index (χ4v) is 3.79. The summed E-state index contributed by atoms with van der Waals surface area (Å²) in [6.07, 6.45) is 4.08. The van der Waals surface area contributed by atoms with Gasteiger partial charge in [0.2, 0.25) is 0 Å². The van der Waals surface area contributed by atoms with E-state index in [4.69, 9.17) is 0 Å². The Balaban J connectivity index is 1.65. The topological polar surface area (TPSA) is 15.3 Å². The van der Waals surface area contributed by atoms with Crippen LogP contribution in [0.4, 0.5) is 0 Å². The maximum absolute atomic E-state index is 3.55. The Labute approximate surface area is 108 Å². The fourth-order valence-electron chi connectivity index (χ4n) is 2.81. The maximum Gasteiger partial charge on any atom is 0.0332 e. The minimum absolute atomic E-state index is 0.802. The number of thiophene rings is 1. The van der Waals surface area contributed by atoms with Crippen LogP contribution in [-0.2, 0) is 13.0 Å². The number of rotatable bonds is 4. The highest BCUT2D eigenvalue weighted by Gasteiger charge is 2.36. The Hall–Kier alpha value is -0.380. The molecule has 2 aliphatic rings. The summed E-state index contributed by atoms with van der Waals surface area (Å²) < 4.78 is 0. The second kappa shape index (κ2) is 5.09. The van der Waals surface area contributed by atoms with Gasteiger partial charge in [0, 0.05) is 42.0 Å². The van der Waals surface area contributed by atoms with Crippen molar-refractivity contribution in [1.82, 2.24) is 10.2 Å². The van der Waals surface area contributed by atoms with Gasteiger partial charge in [0.1, 0.15) is 0 Å². The van der Waals surface area contributed by atoms with Crippen LogP contribution in [0.15, 0.2) is 12.1 Å². The lowest BCUT2D eigenvalue weighted by molar-refractivity contribution is 0.137. The zero-order valence-electron chi connectivity index (χ0n) is 10.6. The first-order valence-electron chi connectivity index (χ1n) is 6.89. The Morgan fingerprint density at radius 2 is 2.18 bits per heavy atom. The normalized spacial score (nSPS) is 26.3. The van der Waals surface area contributed by atoms with E-state index >= 15 is 0 Å². The Morgan fingerprint density at radius 3 is 2.88 bits per heavy atom. The lowest BCUT2D eigenvalue weighted by Crippen LogP contribution is -2.51. The van der Waals surface area contributed by atoms with Crippen LogP contribution in [0.3, 0.4) is 0 Å². The minimum atomic E-state index is 0.802. The Kier molecular flexibility index (Phi) is 3.50. The lowest BCUT2D eigenvalue weighted by atomic mass is 10.1. The van der Waals surface area contributed by atoms with E-state index in [1.807, 2.05) is 11.3 Å². The van der Waals surface area contributed by atoms with Gasteiger partial charge in [-0.15, -0.1) is 11.3 Å². The summed E-state index contributed by atoms with van der Waals surface area (Å²) in [5.41, 5.74) is 0. The molecule has 1 unspecified atom stereocenters. The molecular formula is C14H22N2S. The van der Waals surface area contributed by atoms with Crippen molar-refractivity contribution in [1.29, 1.82) is 0 Å². The van der Waals surface area contributed by atoms with Crippen LogP contribution in [0.1, 0.15) is 29.5 Å². The molecule has 1 atom stereocenters. The highest BCUT2D eigenvalue weighted by Crippen LogP contribution is 2.36. The standard InChI is InChI=1S/C14H22N2S/c1-2-12-5-6-13(17-12)10-16-8-7-15-9-14(16)11-3-4-11/h5-6,11,14-15H,2-4,7-10H2,1H3. The van der Waals surface area contributed by atoms with Crippen LogP contribution in [0.2, 0.25) is 0 Å². The average Bonchev–Trinajstić information content (AvgIpc) is 3.10. The third kappa shape index (κ3) is 2.72. The van der Waals surface area contributed by atoms with Gasteiger partial charge in [0.15, 0.2) is 0 Å². The molecule has 0 radical (unpaired) electrons. The summed E-state index contributed by atoms with van der Waals surface area (Å²) in [4.78, 5) is 5.78. The molecule has 1 aromatic heterocycles. The number of nitrogens with one attached hydrogen (secondary N) is 1. The van der Waals surface area contributed by atoms with E-state index in [1.165, 1.54) is 43.8 Å². The van der Waals surface area contributed by atoms with E-state index in [2.05, 4.69) is 29.3 Å². The Bertz CT molecular complexity index is 370. The molecular weight excluding hydrogens is 228 g/mol. The van der Waals surface area contributed by atoms with Gasteiger partial charge >= 0.3 is 0 Å². The van der Waals surface area contributed by atoms with Gasteiger partial charge in [-0.2, -0.15) is 0 Å². The molecule has 1 saturated heterocycles. The van der Waals surface area contributed by atoms with E-state index in [0.29, 0.717) is 0 Å². The molecule has 3 heteroatoms. The minimum Gasteiger partial charge on any atom is -0.314 e. The van der Waals surface area contributed by atoms with Crippen molar-refractivity contribution in [2.45, 2.75) is 38.8 Å². The molecule has 1 saturated carbocycles. The molecule has 0 spiro atoms. The average molecular weight is 250 g/mol. The third-order valence-electron chi connectivity index (χ3n) is 3.99. The van der Waals surface area contributed by atoms with E-state index < -0.39 is 0 Å². The van der Waals surface area contributed by atoms with Crippen molar-refractivity contribution in [3.63, 3.8) is 0 Å². The molecule has 1 aliphatic carbocycles. The molecule has 2 nitrogen and oxygen atoms in total. The summed E-state index contributed by atoms with van der Waals surface area (Å²) in [5.74, 6) is 0.980. The van der Waals surface area contributed by atoms with E-state index in [0.717, 1.165) is 18.5 Å². The third-order valence-corrected chi connectivity index (χ3v) is 5.20. The molecule has 0 bridgehead atoms. The zero-order valence-corrected chi connectivity index (χ0v) is 11.4. The molecule has 94 valence electrons. The highest BCUT2D eigenvalue weighted by atomic mass is 32.1. The summed E-state index contributed by atoms with van der Waals surface area (Å²) in [5, 5.41) is 3.55. The van der Waals surface area contributed by atoms with Gasteiger partial charge < -0.3 is 5.32 Å². The molecule has 0 amide bonds. The second-order valence-electron chi connectivity index (χ2n) is 5.30. The van der Waals surface area contributed by atoms with Crippen LogP contribution >= 0.6 is 11.3 Å². The number of aryl methyl sites for hydroxylation is 1. The summed E-state index contributed by atoms with van der Waals surface area (Å²) in [6, 6.07) is 5.43. The number of nitrogens with zero attached hydrogens (tertiary/aromatic N) is 1. The first kappa shape index (κ1) is 11.7. The van der Waals surface area contributed by atoms with Crippen LogP contribution in [0.5, 0.6) is 0 Å². The molecule has 17 heavy (non-hydrogen) atoms. The quantitative estimate of drug-likeness (QED) is 0.883. The molecule has 0 aromatic carbocycles. The van der Waals surface area contributed by atoms with Crippen molar-refractivity contribution in [3.05, 3.63) is 21.9 Å². The molecule has 1 aliphatic heterocycles. The van der Waals surface area contributed by atoms with Crippen LogP contribution in [0.25, 0.3) is 0 Å². The summed E-state index contributed by atoms with van der Waals surface area (Å²) >= 11 is 2.00. The number of hydrogen-bond acceptors (Lipinski definition) is 3. The molecule has 1 N–H and O–H groups in total. The zero-order chi connectivity index (χ0) is 11.7. The first-order valence-corrected chi connectivity index (χ1v) is 7.71. The monoisotopic (exact) mass is 250 g/mol. The van der Waals surface area contributed by atoms with E-state index in [-0.39, 0.29) is 0 Å². The van der Waals surface area contributed by atoms with Crippen LogP contribution < -0.4 is 5.32 Å². The van der Waals surface area contributed by atoms with Crippen molar-refractivity contribution < 1.29 is 0 Å². The lowest BCUT2D eigenvalue weighted by Gasteiger charge is -2.36. The fraction of sp³-hybridized carbons (Fsp3) is 0.714. The largest absolute Gasteiger partial charge is 0.314 e. The van der Waals surface area contributed by atoms with E-state index in [1.54, 1.807) is 4.88 Å². The van der Waals surface area contributed by atoms with Gasteiger partial charge in [-0.1, -0.05) is 6.92 Å². The maximum atomic E-state index is 3.55. The van der Waals surface area contributed by atoms with Crippen molar-refractivity contribution in [2.75, 3.05) is 19.6 Å². The van der Waals surface area contributed by atoms with Gasteiger partial charge in [-0.3, -0.25) is 4.90 Å². The predicted octanol–water partition coefficient (Wildman–Crippen LogP) is 2.49. The van der Waals surface area contributed by atoms with Crippen LogP contribution in [-0.4, -0.2) is 30.6 Å². The van der Waals surface area contributed by atoms with E-state index in [9.17, 15) is 0 Å². The second-order valence-corrected chi connectivity index (χ2v) is 6.55. The Morgan fingerprint density at radius 1 is 1.35 bits per heavy atom. The van der Waals surface area contributed by atoms with Gasteiger partial charge in [-0.25, -0.2) is 0 Å². The van der Waals surface area contributed by atoms with Gasteiger partial charge in [0.25, 0.3) is 0 Å². The number of hydrogen-bond donors (Lipinski definition) is 1. The van der Waals surface area contributed by atoms with Crippen molar-refractivity contribution in [3.8, 4) is 0 Å². The first-order chi connectivity index (χ1) is 8.36. The summed E-state index contributed by atoms with van der Waals surface area (Å²) in [6.45, 7) is 7.01. The SMILES string of the molecule is CCc1ccc(CN2CCNCC2C2CC2)s1. The molecule has 2 fully saturated rings. The van der Waals surface area contributed by atoms with Gasteiger partial charge in [0.05, 0.1) is 0 Å².